The molecule has 0 spiro atoms. The second kappa shape index (κ2) is 6.61. The maximum atomic E-state index is 12.2. The van der Waals surface area contributed by atoms with Crippen molar-refractivity contribution in [3.05, 3.63) is 29.3 Å². The second-order valence-electron chi connectivity index (χ2n) is 5.43. The van der Waals surface area contributed by atoms with Crippen molar-refractivity contribution in [2.24, 2.45) is 0 Å². The molecule has 1 aliphatic heterocycles. The number of nitrogens with one attached hydrogen (secondary N) is 2. The van der Waals surface area contributed by atoms with E-state index in [2.05, 4.69) is 10.6 Å². The molecule has 0 bridgehead atoms. The van der Waals surface area contributed by atoms with Gasteiger partial charge in [-0.2, -0.15) is 0 Å². The molecule has 21 heavy (non-hydrogen) atoms. The van der Waals surface area contributed by atoms with E-state index in [4.69, 9.17) is 4.74 Å². The Hall–Kier alpha value is -2.04. The van der Waals surface area contributed by atoms with Gasteiger partial charge in [0.15, 0.2) is 0 Å². The summed E-state index contributed by atoms with van der Waals surface area (Å²) in [6.07, 6.45) is 1.68. The minimum atomic E-state index is -0.559. The molecule has 0 saturated carbocycles. The van der Waals surface area contributed by atoms with Crippen molar-refractivity contribution in [3.8, 4) is 5.75 Å². The number of ether oxygens (including phenoxy) is 1. The summed E-state index contributed by atoms with van der Waals surface area (Å²) < 4.78 is 5.41. The van der Waals surface area contributed by atoms with Crippen LogP contribution in [0.5, 0.6) is 5.75 Å². The highest BCUT2D eigenvalue weighted by Crippen LogP contribution is 2.25. The molecule has 0 saturated heterocycles. The Labute approximate surface area is 125 Å². The summed E-state index contributed by atoms with van der Waals surface area (Å²) in [6.45, 7) is 6.29. The molecule has 1 aromatic carbocycles. The van der Waals surface area contributed by atoms with Crippen molar-refractivity contribution >= 4 is 11.8 Å². The van der Waals surface area contributed by atoms with Crippen molar-refractivity contribution in [2.75, 3.05) is 6.61 Å². The average molecular weight is 290 g/mol. The molecule has 0 fully saturated rings. The highest BCUT2D eigenvalue weighted by molar-refractivity contribution is 5.97. The van der Waals surface area contributed by atoms with Crippen LogP contribution in [0, 0.1) is 0 Å². The van der Waals surface area contributed by atoms with E-state index in [0.717, 1.165) is 24.2 Å². The molecule has 0 radical (unpaired) electrons. The van der Waals surface area contributed by atoms with Crippen molar-refractivity contribution < 1.29 is 14.3 Å². The van der Waals surface area contributed by atoms with E-state index in [1.807, 2.05) is 19.9 Å². The van der Waals surface area contributed by atoms with Crippen molar-refractivity contribution in [1.82, 2.24) is 10.6 Å². The van der Waals surface area contributed by atoms with Gasteiger partial charge in [0.1, 0.15) is 11.8 Å². The third kappa shape index (κ3) is 3.74. The minimum Gasteiger partial charge on any atom is -0.493 e. The summed E-state index contributed by atoms with van der Waals surface area (Å²) in [5.41, 5.74) is 1.60. The predicted molar refractivity (Wildman–Crippen MR) is 80.5 cm³/mol. The lowest BCUT2D eigenvalue weighted by Gasteiger charge is -2.17. The lowest BCUT2D eigenvalue weighted by molar-refractivity contribution is -0.123. The quantitative estimate of drug-likeness (QED) is 0.866. The van der Waals surface area contributed by atoms with Crippen molar-refractivity contribution in [1.29, 1.82) is 0 Å². The maximum absolute atomic E-state index is 12.2. The van der Waals surface area contributed by atoms with Gasteiger partial charge in [-0.25, -0.2) is 0 Å². The third-order valence-electron chi connectivity index (χ3n) is 3.69. The van der Waals surface area contributed by atoms with Gasteiger partial charge in [-0.15, -0.1) is 0 Å². The van der Waals surface area contributed by atoms with E-state index in [1.165, 1.54) is 0 Å². The molecule has 2 unspecified atom stereocenters. The lowest BCUT2D eigenvalue weighted by Crippen LogP contribution is -2.47. The molecule has 0 aromatic heterocycles. The summed E-state index contributed by atoms with van der Waals surface area (Å²) in [5.74, 6) is 0.438. The topological polar surface area (TPSA) is 67.4 Å². The van der Waals surface area contributed by atoms with Gasteiger partial charge in [-0.1, -0.05) is 6.92 Å². The molecule has 114 valence electrons. The lowest BCUT2D eigenvalue weighted by atomic mass is 10.1. The van der Waals surface area contributed by atoms with Crippen LogP contribution in [-0.2, 0) is 11.2 Å². The van der Waals surface area contributed by atoms with E-state index in [1.54, 1.807) is 19.1 Å². The van der Waals surface area contributed by atoms with Crippen LogP contribution in [-0.4, -0.2) is 30.5 Å². The molecule has 0 aliphatic carbocycles. The molecule has 2 atom stereocenters. The van der Waals surface area contributed by atoms with Gasteiger partial charge in [0.05, 0.1) is 6.61 Å². The van der Waals surface area contributed by atoms with Crippen LogP contribution in [0.3, 0.4) is 0 Å². The van der Waals surface area contributed by atoms with E-state index in [0.29, 0.717) is 12.2 Å². The molecular formula is C16H22N2O3. The summed E-state index contributed by atoms with van der Waals surface area (Å²) >= 11 is 0. The fraction of sp³-hybridized carbons (Fsp3) is 0.500. The van der Waals surface area contributed by atoms with Crippen molar-refractivity contribution in [2.45, 2.75) is 45.7 Å². The number of fused-ring (bicyclic) bond motifs is 1. The zero-order chi connectivity index (χ0) is 15.4. The number of hydrogen-bond acceptors (Lipinski definition) is 3. The first-order chi connectivity index (χ1) is 10.0. The van der Waals surface area contributed by atoms with Gasteiger partial charge < -0.3 is 15.4 Å². The summed E-state index contributed by atoms with van der Waals surface area (Å²) in [7, 11) is 0. The Kier molecular flexibility index (Phi) is 4.83. The van der Waals surface area contributed by atoms with E-state index < -0.39 is 6.04 Å². The number of benzene rings is 1. The molecule has 1 heterocycles. The molecule has 2 amide bonds. The van der Waals surface area contributed by atoms with E-state index in [-0.39, 0.29) is 17.9 Å². The molecule has 1 aliphatic rings. The zero-order valence-electron chi connectivity index (χ0n) is 12.7. The van der Waals surface area contributed by atoms with Crippen LogP contribution >= 0.6 is 0 Å². The van der Waals surface area contributed by atoms with Crippen LogP contribution in [0.25, 0.3) is 0 Å². The van der Waals surface area contributed by atoms with Crippen LogP contribution in [0.15, 0.2) is 18.2 Å². The second-order valence-corrected chi connectivity index (χ2v) is 5.43. The Balaban J connectivity index is 1.96. The first kappa shape index (κ1) is 15.4. The Morgan fingerprint density at radius 1 is 1.29 bits per heavy atom. The molecule has 5 nitrogen and oxygen atoms in total. The van der Waals surface area contributed by atoms with Gasteiger partial charge in [0, 0.05) is 18.0 Å². The normalized spacial score (nSPS) is 15.6. The van der Waals surface area contributed by atoms with Gasteiger partial charge >= 0.3 is 0 Å². The van der Waals surface area contributed by atoms with Gasteiger partial charge in [-0.05, 0) is 44.0 Å². The first-order valence-electron chi connectivity index (χ1n) is 7.38. The van der Waals surface area contributed by atoms with Gasteiger partial charge in [0.25, 0.3) is 5.91 Å². The Morgan fingerprint density at radius 2 is 2.05 bits per heavy atom. The summed E-state index contributed by atoms with van der Waals surface area (Å²) in [6, 6.07) is 4.90. The standard InChI is InChI=1S/C16H22N2O3/c1-4-10(2)17-15(19)11(3)18-16(20)13-5-6-14-12(9-13)7-8-21-14/h5-6,9-11H,4,7-8H2,1-3H3,(H,17,19)(H,18,20). The number of carbonyl (C=O) groups is 2. The van der Waals surface area contributed by atoms with Gasteiger partial charge in [-0.3, -0.25) is 9.59 Å². The molecule has 2 N–H and O–H groups in total. The largest absolute Gasteiger partial charge is 0.493 e. The number of hydrogen-bond donors (Lipinski definition) is 2. The smallest absolute Gasteiger partial charge is 0.251 e. The highest BCUT2D eigenvalue weighted by atomic mass is 16.5. The maximum Gasteiger partial charge on any atom is 0.251 e. The predicted octanol–water partition coefficient (Wildman–Crippen LogP) is 1.65. The van der Waals surface area contributed by atoms with Crippen LogP contribution in [0.1, 0.15) is 43.1 Å². The molecule has 5 heteroatoms. The monoisotopic (exact) mass is 290 g/mol. The van der Waals surface area contributed by atoms with E-state index in [9.17, 15) is 9.59 Å². The summed E-state index contributed by atoms with van der Waals surface area (Å²) in [5, 5.41) is 5.58. The average Bonchev–Trinajstić information content (AvgIpc) is 2.94. The number of amides is 2. The third-order valence-corrected chi connectivity index (χ3v) is 3.69. The SMILES string of the molecule is CCC(C)NC(=O)C(C)NC(=O)c1ccc2c(c1)CCO2. The molecule has 2 rings (SSSR count). The molecular weight excluding hydrogens is 268 g/mol. The number of carbonyl (C=O) groups excluding carboxylic acids is 2. The number of rotatable bonds is 5. The van der Waals surface area contributed by atoms with E-state index >= 15 is 0 Å². The zero-order valence-corrected chi connectivity index (χ0v) is 12.7. The Morgan fingerprint density at radius 3 is 2.76 bits per heavy atom. The van der Waals surface area contributed by atoms with Crippen LogP contribution in [0.2, 0.25) is 0 Å². The first-order valence-corrected chi connectivity index (χ1v) is 7.38. The van der Waals surface area contributed by atoms with Gasteiger partial charge in [0.2, 0.25) is 5.91 Å². The fourth-order valence-corrected chi connectivity index (χ4v) is 2.14. The fourth-order valence-electron chi connectivity index (χ4n) is 2.14. The van der Waals surface area contributed by atoms with Crippen LogP contribution in [0.4, 0.5) is 0 Å². The Bertz CT molecular complexity index is 542. The highest BCUT2D eigenvalue weighted by Gasteiger charge is 2.19. The summed E-state index contributed by atoms with van der Waals surface area (Å²) in [4.78, 5) is 24.1. The minimum absolute atomic E-state index is 0.106. The van der Waals surface area contributed by atoms with Crippen LogP contribution < -0.4 is 15.4 Å². The molecule has 1 aromatic rings. The van der Waals surface area contributed by atoms with Crippen molar-refractivity contribution in [3.63, 3.8) is 0 Å².